The molecule has 3 nitrogen and oxygen atoms in total. The molecule has 0 saturated heterocycles. The lowest BCUT2D eigenvalue weighted by Gasteiger charge is -2.16. The maximum absolute atomic E-state index is 6.30. The number of anilines is 1. The molecule has 0 fully saturated rings. The van der Waals surface area contributed by atoms with E-state index in [0.717, 1.165) is 30.4 Å². The number of aromatic nitrogens is 1. The van der Waals surface area contributed by atoms with Gasteiger partial charge in [-0.2, -0.15) is 4.57 Å². The summed E-state index contributed by atoms with van der Waals surface area (Å²) in [6.45, 7) is 12.7. The van der Waals surface area contributed by atoms with E-state index in [1.165, 1.54) is 43.1 Å². The number of ether oxygens (including phenoxy) is 1. The summed E-state index contributed by atoms with van der Waals surface area (Å²) < 4.78 is 10.0. The van der Waals surface area contributed by atoms with Crippen LogP contribution in [0.2, 0.25) is 0 Å². The molecule has 0 atom stereocenters. The molecule has 0 aliphatic carbocycles. The molecule has 2 heterocycles. The number of rotatable bonds is 5. The van der Waals surface area contributed by atoms with Gasteiger partial charge in [0.2, 0.25) is 11.4 Å². The van der Waals surface area contributed by atoms with E-state index in [-0.39, 0.29) is 24.0 Å². The third-order valence-electron chi connectivity index (χ3n) is 6.52. The summed E-state index contributed by atoms with van der Waals surface area (Å²) in [5, 5.41) is 1.27. The van der Waals surface area contributed by atoms with Crippen molar-refractivity contribution in [2.75, 3.05) is 11.4 Å². The molecule has 0 bridgehead atoms. The summed E-state index contributed by atoms with van der Waals surface area (Å²) in [7, 11) is 0. The van der Waals surface area contributed by atoms with Crippen LogP contribution in [-0.4, -0.2) is 6.54 Å². The molecular formula is C30H31IN2OS. The van der Waals surface area contributed by atoms with Crippen molar-refractivity contribution in [2.45, 2.75) is 41.2 Å². The Kier molecular flexibility index (Phi) is 7.67. The van der Waals surface area contributed by atoms with Crippen molar-refractivity contribution >= 4 is 33.3 Å². The van der Waals surface area contributed by atoms with Gasteiger partial charge in [0.1, 0.15) is 11.2 Å². The zero-order valence-corrected chi connectivity index (χ0v) is 23.9. The van der Waals surface area contributed by atoms with Crippen LogP contribution in [0.5, 0.6) is 5.75 Å². The number of aryl methyl sites for hydroxylation is 3. The molecule has 4 aromatic rings. The summed E-state index contributed by atoms with van der Waals surface area (Å²) in [4.78, 5) is 2.25. The number of fused-ring (bicyclic) bond motifs is 2. The Bertz CT molecular complexity index is 1440. The van der Waals surface area contributed by atoms with Gasteiger partial charge in [-0.3, -0.25) is 0 Å². The van der Waals surface area contributed by atoms with Crippen molar-refractivity contribution in [3.05, 3.63) is 94.3 Å². The van der Waals surface area contributed by atoms with Crippen molar-refractivity contribution < 1.29 is 33.3 Å². The summed E-state index contributed by atoms with van der Waals surface area (Å²) >= 11 is 1.85. The lowest BCUT2D eigenvalue weighted by molar-refractivity contribution is -0.665. The van der Waals surface area contributed by atoms with Gasteiger partial charge in [0, 0.05) is 24.8 Å². The van der Waals surface area contributed by atoms with E-state index < -0.39 is 0 Å². The van der Waals surface area contributed by atoms with Crippen LogP contribution in [0, 0.1) is 13.8 Å². The van der Waals surface area contributed by atoms with Gasteiger partial charge in [-0.25, -0.2) is 0 Å². The van der Waals surface area contributed by atoms with Crippen molar-refractivity contribution in [3.63, 3.8) is 0 Å². The van der Waals surface area contributed by atoms with Crippen LogP contribution in [0.4, 0.5) is 5.69 Å². The Labute approximate surface area is 229 Å². The number of thiazole rings is 1. The number of benzene rings is 3. The molecule has 0 radical (unpaired) electrons. The minimum absolute atomic E-state index is 0. The summed E-state index contributed by atoms with van der Waals surface area (Å²) in [5.74, 6) is 1.80. The van der Waals surface area contributed by atoms with E-state index in [9.17, 15) is 0 Å². The molecule has 1 aliphatic rings. The lowest BCUT2D eigenvalue weighted by Crippen LogP contribution is -3.00. The van der Waals surface area contributed by atoms with Crippen LogP contribution in [-0.2, 0) is 6.54 Å². The molecule has 0 saturated carbocycles. The zero-order valence-electron chi connectivity index (χ0n) is 20.9. The first-order valence-corrected chi connectivity index (χ1v) is 12.8. The van der Waals surface area contributed by atoms with Gasteiger partial charge < -0.3 is 33.6 Å². The van der Waals surface area contributed by atoms with Gasteiger partial charge in [-0.15, -0.1) is 0 Å². The Hall–Kier alpha value is -2.64. The maximum Gasteiger partial charge on any atom is 0.262 e. The number of hydrogen-bond acceptors (Lipinski definition) is 3. The number of nitrogens with zero attached hydrogens (tertiary/aromatic N) is 2. The molecule has 5 rings (SSSR count). The minimum atomic E-state index is 0. The highest BCUT2D eigenvalue weighted by Gasteiger charge is 2.26. The second-order valence-electron chi connectivity index (χ2n) is 8.85. The molecule has 0 unspecified atom stereocenters. The lowest BCUT2D eigenvalue weighted by atomic mass is 10.0. The van der Waals surface area contributed by atoms with Crippen molar-refractivity contribution in [1.82, 2.24) is 0 Å². The van der Waals surface area contributed by atoms with Crippen LogP contribution in [0.3, 0.4) is 0 Å². The Balaban J connectivity index is 0.00000289. The first-order chi connectivity index (χ1) is 16.5. The largest absolute Gasteiger partial charge is 1.00 e. The number of allylic oxidation sites excluding steroid dienone is 2. The van der Waals surface area contributed by atoms with Crippen molar-refractivity contribution in [2.24, 2.45) is 0 Å². The van der Waals surface area contributed by atoms with Crippen LogP contribution in [0.15, 0.2) is 78.2 Å². The smallest absolute Gasteiger partial charge is 0.262 e. The molecule has 3 aromatic carbocycles. The fraction of sp³-hybridized carbons (Fsp3) is 0.233. The van der Waals surface area contributed by atoms with Gasteiger partial charge in [-0.05, 0) is 80.6 Å². The third-order valence-corrected chi connectivity index (χ3v) is 7.61. The van der Waals surface area contributed by atoms with E-state index >= 15 is 0 Å². The van der Waals surface area contributed by atoms with E-state index in [0.29, 0.717) is 0 Å². The highest BCUT2D eigenvalue weighted by molar-refractivity contribution is 7.18. The van der Waals surface area contributed by atoms with Gasteiger partial charge >= 0.3 is 0 Å². The van der Waals surface area contributed by atoms with Crippen molar-refractivity contribution in [3.8, 4) is 16.9 Å². The normalized spacial score (nSPS) is 14.3. The predicted octanol–water partition coefficient (Wildman–Crippen LogP) is 4.66. The molecule has 0 amide bonds. The predicted molar refractivity (Wildman–Crippen MR) is 144 cm³/mol. The first kappa shape index (κ1) is 25.5. The summed E-state index contributed by atoms with van der Waals surface area (Å²) in [6.07, 6.45) is 4.44. The molecular weight excluding hydrogens is 563 g/mol. The molecule has 0 spiro atoms. The standard InChI is InChI=1S/C30H31N2OS.HI/c1-6-31-25-19-24(23-11-9-8-10-12-23)13-14-27(25)33-29(31)15-20(3)16-30-32(7-2)26-17-21(4)22(5)18-28(26)34-30;/h8-19H,6-7H2,1-5H3;1H/q+1;/p-1. The van der Waals surface area contributed by atoms with E-state index in [4.69, 9.17) is 4.74 Å². The molecule has 1 aliphatic heterocycles. The third kappa shape index (κ3) is 4.89. The monoisotopic (exact) mass is 594 g/mol. The fourth-order valence-electron chi connectivity index (χ4n) is 4.56. The quantitative estimate of drug-likeness (QED) is 0.247. The Morgan fingerprint density at radius 2 is 1.71 bits per heavy atom. The van der Waals surface area contributed by atoms with Gasteiger partial charge in [-0.1, -0.05) is 47.7 Å². The van der Waals surface area contributed by atoms with Crippen LogP contribution < -0.4 is 38.2 Å². The fourth-order valence-corrected chi connectivity index (χ4v) is 5.88. The van der Waals surface area contributed by atoms with E-state index in [1.807, 2.05) is 11.3 Å². The second kappa shape index (κ2) is 10.5. The molecule has 1 aromatic heterocycles. The Morgan fingerprint density at radius 1 is 0.971 bits per heavy atom. The minimum Gasteiger partial charge on any atom is -1.00 e. The zero-order chi connectivity index (χ0) is 23.8. The molecule has 35 heavy (non-hydrogen) atoms. The van der Waals surface area contributed by atoms with Crippen LogP contribution in [0.25, 0.3) is 27.4 Å². The number of halogens is 1. The SMILES string of the molecule is CCN1/C(=C/C(C)=C/c2sc3cc(C)c(C)cc3[n+]2CC)Oc2ccc(-c3ccccc3)cc21.[I-]. The average Bonchev–Trinajstić information content (AvgIpc) is 3.35. The van der Waals surface area contributed by atoms with E-state index in [2.05, 4.69) is 117 Å². The highest BCUT2D eigenvalue weighted by atomic mass is 127. The van der Waals surface area contributed by atoms with Crippen LogP contribution >= 0.6 is 11.3 Å². The molecule has 5 heteroatoms. The Morgan fingerprint density at radius 3 is 2.43 bits per heavy atom. The molecule has 180 valence electrons. The van der Waals surface area contributed by atoms with Crippen molar-refractivity contribution in [1.29, 1.82) is 0 Å². The first-order valence-electron chi connectivity index (χ1n) is 12.0. The molecule has 0 N–H and O–H groups in total. The van der Waals surface area contributed by atoms with E-state index in [1.54, 1.807) is 0 Å². The van der Waals surface area contributed by atoms with Gasteiger partial charge in [0.05, 0.1) is 5.69 Å². The topological polar surface area (TPSA) is 16.4 Å². The maximum atomic E-state index is 6.30. The van der Waals surface area contributed by atoms with Crippen LogP contribution in [0.1, 0.15) is 36.9 Å². The van der Waals surface area contributed by atoms with Gasteiger partial charge in [0.25, 0.3) is 5.01 Å². The average molecular weight is 595 g/mol. The summed E-state index contributed by atoms with van der Waals surface area (Å²) in [6, 6.07) is 21.6. The second-order valence-corrected chi connectivity index (χ2v) is 9.92. The number of hydrogen-bond donors (Lipinski definition) is 0. The van der Waals surface area contributed by atoms with Gasteiger partial charge in [0.15, 0.2) is 5.75 Å². The summed E-state index contributed by atoms with van der Waals surface area (Å²) in [5.41, 5.74) is 8.72. The highest BCUT2D eigenvalue weighted by Crippen LogP contribution is 2.41.